The number of hydrogen-bond donors (Lipinski definition) is 0. The maximum absolute atomic E-state index is 13.4. The second kappa shape index (κ2) is 4.92. The molecule has 1 spiro atoms. The first-order valence-electron chi connectivity index (χ1n) is 7.92. The fourth-order valence-electron chi connectivity index (χ4n) is 3.87. The number of ketones is 1. The van der Waals surface area contributed by atoms with Gasteiger partial charge in [0.2, 0.25) is 11.7 Å². The SMILES string of the molecule is O=C1CSC2(C(=O)c3cccc4cccc2c34)N1c1ccc(F)cc1. The summed E-state index contributed by atoms with van der Waals surface area (Å²) in [6, 6.07) is 17.2. The molecule has 1 fully saturated rings. The van der Waals surface area contributed by atoms with Crippen LogP contribution in [0.5, 0.6) is 0 Å². The molecule has 1 saturated heterocycles. The van der Waals surface area contributed by atoms with Gasteiger partial charge in [-0.25, -0.2) is 4.39 Å². The summed E-state index contributed by atoms with van der Waals surface area (Å²) in [5.41, 5.74) is 2.02. The van der Waals surface area contributed by atoms with Crippen molar-refractivity contribution < 1.29 is 14.0 Å². The highest BCUT2D eigenvalue weighted by atomic mass is 32.2. The lowest BCUT2D eigenvalue weighted by Gasteiger charge is -2.33. The highest BCUT2D eigenvalue weighted by Gasteiger charge is 2.58. The van der Waals surface area contributed by atoms with Gasteiger partial charge in [-0.2, -0.15) is 0 Å². The molecule has 1 aliphatic heterocycles. The van der Waals surface area contributed by atoms with Gasteiger partial charge in [-0.15, -0.1) is 11.8 Å². The summed E-state index contributed by atoms with van der Waals surface area (Å²) in [7, 11) is 0. The monoisotopic (exact) mass is 349 g/mol. The van der Waals surface area contributed by atoms with Crippen LogP contribution in [0.4, 0.5) is 10.1 Å². The number of thioether (sulfide) groups is 1. The molecular formula is C20H12FNO2S. The van der Waals surface area contributed by atoms with Gasteiger partial charge in [-0.05, 0) is 35.0 Å². The molecule has 25 heavy (non-hydrogen) atoms. The van der Waals surface area contributed by atoms with E-state index in [0.717, 1.165) is 16.3 Å². The Bertz CT molecular complexity index is 1060. The molecule has 0 radical (unpaired) electrons. The summed E-state index contributed by atoms with van der Waals surface area (Å²) in [5.74, 6) is -0.387. The topological polar surface area (TPSA) is 37.4 Å². The van der Waals surface area contributed by atoms with Gasteiger partial charge < -0.3 is 0 Å². The molecule has 1 aliphatic carbocycles. The number of rotatable bonds is 1. The quantitative estimate of drug-likeness (QED) is 0.663. The standard InChI is InChI=1S/C20H12FNO2S/c21-13-7-9-14(10-8-13)22-17(23)11-25-20(22)16-6-2-4-12-3-1-5-15(18(12)16)19(20)24/h1-10H,11H2. The average Bonchev–Trinajstić information content (AvgIpc) is 3.10. The van der Waals surface area contributed by atoms with E-state index in [1.54, 1.807) is 12.1 Å². The molecule has 0 saturated carbocycles. The second-order valence-electron chi connectivity index (χ2n) is 6.18. The van der Waals surface area contributed by atoms with Crippen LogP contribution < -0.4 is 4.90 Å². The molecule has 122 valence electrons. The van der Waals surface area contributed by atoms with Crippen LogP contribution in [0, 0.1) is 5.82 Å². The minimum absolute atomic E-state index is 0.0838. The van der Waals surface area contributed by atoms with E-state index in [1.165, 1.54) is 28.8 Å². The molecular weight excluding hydrogens is 337 g/mol. The number of fused-ring (bicyclic) bond motifs is 1. The van der Waals surface area contributed by atoms with E-state index in [1.807, 2.05) is 36.4 Å². The lowest BCUT2D eigenvalue weighted by atomic mass is 10.0. The maximum atomic E-state index is 13.4. The van der Waals surface area contributed by atoms with Crippen LogP contribution in [0.15, 0.2) is 60.7 Å². The summed E-state index contributed by atoms with van der Waals surface area (Å²) in [5, 5.41) is 1.89. The normalized spacial score (nSPS) is 21.7. The van der Waals surface area contributed by atoms with Gasteiger partial charge in [0.1, 0.15) is 5.82 Å². The van der Waals surface area contributed by atoms with Gasteiger partial charge in [0.25, 0.3) is 0 Å². The Hall–Kier alpha value is -2.66. The van der Waals surface area contributed by atoms with Crippen molar-refractivity contribution in [2.75, 3.05) is 10.7 Å². The van der Waals surface area contributed by atoms with Crippen LogP contribution in [0.1, 0.15) is 15.9 Å². The zero-order chi connectivity index (χ0) is 17.2. The van der Waals surface area contributed by atoms with E-state index in [0.29, 0.717) is 11.3 Å². The summed E-state index contributed by atoms with van der Waals surface area (Å²) in [6.45, 7) is 0. The lowest BCUT2D eigenvalue weighted by Crippen LogP contribution is -2.46. The Morgan fingerprint density at radius 1 is 0.960 bits per heavy atom. The first kappa shape index (κ1) is 14.7. The van der Waals surface area contributed by atoms with E-state index in [-0.39, 0.29) is 23.3 Å². The Morgan fingerprint density at radius 3 is 2.44 bits per heavy atom. The minimum atomic E-state index is -1.10. The van der Waals surface area contributed by atoms with Crippen molar-refractivity contribution in [3.63, 3.8) is 0 Å². The predicted octanol–water partition coefficient (Wildman–Crippen LogP) is 4.11. The zero-order valence-electron chi connectivity index (χ0n) is 13.0. The predicted molar refractivity (Wildman–Crippen MR) is 96.3 cm³/mol. The second-order valence-corrected chi connectivity index (χ2v) is 7.34. The molecule has 5 heteroatoms. The van der Waals surface area contributed by atoms with Crippen LogP contribution in [0.3, 0.4) is 0 Å². The Balaban J connectivity index is 1.81. The van der Waals surface area contributed by atoms with Gasteiger partial charge in [0.15, 0.2) is 4.87 Å². The molecule has 0 N–H and O–H groups in total. The van der Waals surface area contributed by atoms with Crippen molar-refractivity contribution in [2.45, 2.75) is 4.87 Å². The number of carbonyl (C=O) groups excluding carboxylic acids is 2. The van der Waals surface area contributed by atoms with Crippen molar-refractivity contribution >= 4 is 39.9 Å². The van der Waals surface area contributed by atoms with E-state index in [9.17, 15) is 14.0 Å². The van der Waals surface area contributed by atoms with E-state index in [4.69, 9.17) is 0 Å². The van der Waals surface area contributed by atoms with Crippen LogP contribution >= 0.6 is 11.8 Å². The van der Waals surface area contributed by atoms with E-state index >= 15 is 0 Å². The largest absolute Gasteiger partial charge is 0.290 e. The highest BCUT2D eigenvalue weighted by molar-refractivity contribution is 8.02. The number of benzene rings is 3. The van der Waals surface area contributed by atoms with E-state index in [2.05, 4.69) is 0 Å². The number of halogens is 1. The van der Waals surface area contributed by atoms with Crippen LogP contribution in [0.2, 0.25) is 0 Å². The molecule has 1 atom stereocenters. The van der Waals surface area contributed by atoms with Gasteiger partial charge in [-0.1, -0.05) is 36.4 Å². The lowest BCUT2D eigenvalue weighted by molar-refractivity contribution is -0.116. The summed E-state index contributed by atoms with van der Waals surface area (Å²) in [4.78, 5) is 26.5. The Labute approximate surface area is 147 Å². The van der Waals surface area contributed by atoms with Crippen molar-refractivity contribution in [1.82, 2.24) is 0 Å². The molecule has 3 aromatic rings. The first-order valence-corrected chi connectivity index (χ1v) is 8.91. The van der Waals surface area contributed by atoms with Gasteiger partial charge >= 0.3 is 0 Å². The fraction of sp³-hybridized carbons (Fsp3) is 0.100. The number of nitrogens with zero attached hydrogens (tertiary/aromatic N) is 1. The molecule has 2 aliphatic rings. The van der Waals surface area contributed by atoms with Gasteiger partial charge in [0.05, 0.1) is 5.75 Å². The third-order valence-corrected chi connectivity index (χ3v) is 6.27. The van der Waals surface area contributed by atoms with Crippen LogP contribution in [-0.2, 0) is 9.67 Å². The number of anilines is 1. The smallest absolute Gasteiger partial charge is 0.238 e. The highest BCUT2D eigenvalue weighted by Crippen LogP contribution is 2.55. The maximum Gasteiger partial charge on any atom is 0.238 e. The Kier molecular flexibility index (Phi) is 2.89. The fourth-order valence-corrected chi connectivity index (χ4v) is 5.23. The molecule has 5 rings (SSSR count). The number of carbonyl (C=O) groups is 2. The van der Waals surface area contributed by atoms with Gasteiger partial charge in [-0.3, -0.25) is 14.5 Å². The van der Waals surface area contributed by atoms with Gasteiger partial charge in [0, 0.05) is 16.8 Å². The van der Waals surface area contributed by atoms with Crippen molar-refractivity contribution in [1.29, 1.82) is 0 Å². The number of amides is 1. The zero-order valence-corrected chi connectivity index (χ0v) is 13.8. The summed E-state index contributed by atoms with van der Waals surface area (Å²) < 4.78 is 13.3. The molecule has 0 bridgehead atoms. The molecule has 1 amide bonds. The molecule has 0 aromatic heterocycles. The molecule has 3 aromatic carbocycles. The van der Waals surface area contributed by atoms with Crippen LogP contribution in [0.25, 0.3) is 10.8 Å². The summed E-state index contributed by atoms with van der Waals surface area (Å²) in [6.07, 6.45) is 0. The number of hydrogen-bond acceptors (Lipinski definition) is 3. The van der Waals surface area contributed by atoms with Crippen molar-refractivity contribution in [2.24, 2.45) is 0 Å². The minimum Gasteiger partial charge on any atom is -0.290 e. The molecule has 1 heterocycles. The summed E-state index contributed by atoms with van der Waals surface area (Å²) >= 11 is 1.34. The average molecular weight is 349 g/mol. The number of Topliss-reactive ketones (excluding diaryl/α,β-unsaturated/α-hetero) is 1. The Morgan fingerprint density at radius 2 is 1.68 bits per heavy atom. The molecule has 1 unspecified atom stereocenters. The third kappa shape index (κ3) is 1.76. The van der Waals surface area contributed by atoms with Crippen LogP contribution in [-0.4, -0.2) is 17.4 Å². The van der Waals surface area contributed by atoms with Crippen molar-refractivity contribution in [3.8, 4) is 0 Å². The first-order chi connectivity index (χ1) is 12.1. The van der Waals surface area contributed by atoms with Crippen molar-refractivity contribution in [3.05, 3.63) is 77.6 Å². The van der Waals surface area contributed by atoms with E-state index < -0.39 is 4.87 Å². The third-order valence-electron chi connectivity index (χ3n) is 4.88. The molecule has 3 nitrogen and oxygen atoms in total.